The zero-order chi connectivity index (χ0) is 14.5. The molecule has 2 aromatic carbocycles. The van der Waals surface area contributed by atoms with Crippen molar-refractivity contribution in [1.82, 2.24) is 0 Å². The van der Waals surface area contributed by atoms with Crippen LogP contribution in [0.1, 0.15) is 15.9 Å². The van der Waals surface area contributed by atoms with Gasteiger partial charge in [0.1, 0.15) is 19.0 Å². The van der Waals surface area contributed by atoms with E-state index in [0.29, 0.717) is 12.2 Å². The van der Waals surface area contributed by atoms with Crippen molar-refractivity contribution in [2.75, 3.05) is 25.1 Å². The number of hydrogen-bond acceptors (Lipinski definition) is 4. The van der Waals surface area contributed by atoms with E-state index in [2.05, 4.69) is 5.32 Å². The number of nitrogens with one attached hydrogen (secondary N) is 1. The first-order chi connectivity index (χ1) is 10.3. The van der Waals surface area contributed by atoms with Gasteiger partial charge in [-0.15, -0.1) is 0 Å². The summed E-state index contributed by atoms with van der Waals surface area (Å²) < 4.78 is 10.7. The Morgan fingerprint density at radius 3 is 2.81 bits per heavy atom. The number of esters is 1. The first-order valence-corrected chi connectivity index (χ1v) is 7.05. The molecule has 1 aliphatic rings. The van der Waals surface area contributed by atoms with Crippen molar-refractivity contribution in [3.63, 3.8) is 0 Å². The molecular formula is C17H17NO3. The Bertz CT molecular complexity index is 625. The summed E-state index contributed by atoms with van der Waals surface area (Å²) in [4.78, 5) is 12.0. The van der Waals surface area contributed by atoms with Gasteiger partial charge in [0.05, 0.1) is 5.56 Å². The molecule has 0 spiro atoms. The predicted octanol–water partition coefficient (Wildman–Crippen LogP) is 2.89. The quantitative estimate of drug-likeness (QED) is 0.677. The second-order valence-electron chi connectivity index (χ2n) is 4.85. The molecule has 21 heavy (non-hydrogen) atoms. The van der Waals surface area contributed by atoms with Crippen molar-refractivity contribution in [1.29, 1.82) is 0 Å². The minimum absolute atomic E-state index is 0.239. The van der Waals surface area contributed by atoms with Gasteiger partial charge >= 0.3 is 5.97 Å². The van der Waals surface area contributed by atoms with Gasteiger partial charge in [-0.25, -0.2) is 4.79 Å². The highest BCUT2D eigenvalue weighted by Gasteiger charge is 2.14. The Hall–Kier alpha value is -2.49. The molecule has 0 fully saturated rings. The van der Waals surface area contributed by atoms with Gasteiger partial charge in [-0.3, -0.25) is 0 Å². The standard InChI is InChI=1S/C17H17NO3/c19-17(14-6-7-16-13(12-14)8-9-18-16)21-11-10-20-15-4-2-1-3-5-15/h1-7,12,18H,8-11H2. The molecule has 0 unspecified atom stereocenters. The fourth-order valence-electron chi connectivity index (χ4n) is 2.33. The molecule has 108 valence electrons. The largest absolute Gasteiger partial charge is 0.490 e. The summed E-state index contributed by atoms with van der Waals surface area (Å²) in [6.07, 6.45) is 0.952. The molecule has 4 heteroatoms. The minimum atomic E-state index is -0.304. The fraction of sp³-hybridized carbons (Fsp3) is 0.235. The summed E-state index contributed by atoms with van der Waals surface area (Å²) >= 11 is 0. The normalized spacial score (nSPS) is 12.4. The number of rotatable bonds is 5. The third kappa shape index (κ3) is 3.34. The fourth-order valence-corrected chi connectivity index (χ4v) is 2.33. The third-order valence-electron chi connectivity index (χ3n) is 3.38. The number of anilines is 1. The number of fused-ring (bicyclic) bond motifs is 1. The van der Waals surface area contributed by atoms with Gasteiger partial charge in [0.25, 0.3) is 0 Å². The van der Waals surface area contributed by atoms with Gasteiger partial charge in [-0.05, 0) is 42.3 Å². The van der Waals surface area contributed by atoms with Crippen molar-refractivity contribution in [3.8, 4) is 5.75 Å². The number of carbonyl (C=O) groups is 1. The zero-order valence-electron chi connectivity index (χ0n) is 11.7. The lowest BCUT2D eigenvalue weighted by molar-refractivity contribution is 0.0450. The Morgan fingerprint density at radius 1 is 1.10 bits per heavy atom. The summed E-state index contributed by atoms with van der Waals surface area (Å²) in [7, 11) is 0. The van der Waals surface area contributed by atoms with E-state index in [1.54, 1.807) is 6.07 Å². The minimum Gasteiger partial charge on any atom is -0.490 e. The average molecular weight is 283 g/mol. The molecule has 2 aromatic rings. The number of hydrogen-bond donors (Lipinski definition) is 1. The molecule has 1 heterocycles. The van der Waals surface area contributed by atoms with Crippen LogP contribution in [-0.2, 0) is 11.2 Å². The van der Waals surface area contributed by atoms with E-state index in [4.69, 9.17) is 9.47 Å². The molecule has 0 atom stereocenters. The highest BCUT2D eigenvalue weighted by Crippen LogP contribution is 2.23. The van der Waals surface area contributed by atoms with Crippen molar-refractivity contribution in [3.05, 3.63) is 59.7 Å². The molecule has 0 aliphatic carbocycles. The van der Waals surface area contributed by atoms with Gasteiger partial charge in [0.2, 0.25) is 0 Å². The highest BCUT2D eigenvalue weighted by atomic mass is 16.6. The number of ether oxygens (including phenoxy) is 2. The van der Waals surface area contributed by atoms with Gasteiger partial charge in [0, 0.05) is 12.2 Å². The summed E-state index contributed by atoms with van der Waals surface area (Å²) in [5, 5.41) is 3.26. The Labute approximate surface area is 123 Å². The summed E-state index contributed by atoms with van der Waals surface area (Å²) in [6, 6.07) is 15.1. The maximum atomic E-state index is 12.0. The van der Waals surface area contributed by atoms with Crippen molar-refractivity contribution in [2.45, 2.75) is 6.42 Å². The molecule has 0 amide bonds. The second-order valence-corrected chi connectivity index (χ2v) is 4.85. The van der Waals surface area contributed by atoms with Gasteiger partial charge in [-0.2, -0.15) is 0 Å². The summed E-state index contributed by atoms with van der Waals surface area (Å²) in [5.74, 6) is 0.471. The van der Waals surface area contributed by atoms with Crippen LogP contribution < -0.4 is 10.1 Å². The van der Waals surface area contributed by atoms with Crippen molar-refractivity contribution < 1.29 is 14.3 Å². The van der Waals surface area contributed by atoms with Crippen molar-refractivity contribution >= 4 is 11.7 Å². The van der Waals surface area contributed by atoms with Crippen LogP contribution in [-0.4, -0.2) is 25.7 Å². The molecule has 0 aromatic heterocycles. The lowest BCUT2D eigenvalue weighted by Gasteiger charge is -2.08. The van der Waals surface area contributed by atoms with Crippen LogP contribution in [0.3, 0.4) is 0 Å². The Morgan fingerprint density at radius 2 is 1.95 bits per heavy atom. The van der Waals surface area contributed by atoms with E-state index in [1.807, 2.05) is 42.5 Å². The van der Waals surface area contributed by atoms with Gasteiger partial charge < -0.3 is 14.8 Å². The van der Waals surface area contributed by atoms with E-state index >= 15 is 0 Å². The maximum absolute atomic E-state index is 12.0. The number of carbonyl (C=O) groups excluding carboxylic acids is 1. The molecule has 0 saturated carbocycles. The number of benzene rings is 2. The predicted molar refractivity (Wildman–Crippen MR) is 80.9 cm³/mol. The monoisotopic (exact) mass is 283 g/mol. The highest BCUT2D eigenvalue weighted by molar-refractivity contribution is 5.90. The maximum Gasteiger partial charge on any atom is 0.338 e. The first kappa shape index (κ1) is 13.5. The van der Waals surface area contributed by atoms with Crippen LogP contribution in [0.4, 0.5) is 5.69 Å². The van der Waals surface area contributed by atoms with Crippen LogP contribution in [0.5, 0.6) is 5.75 Å². The molecule has 1 N–H and O–H groups in total. The molecule has 1 aliphatic heterocycles. The van der Waals surface area contributed by atoms with E-state index in [1.165, 1.54) is 5.56 Å². The van der Waals surface area contributed by atoms with Crippen molar-refractivity contribution in [2.24, 2.45) is 0 Å². The van der Waals surface area contributed by atoms with Crippen LogP contribution in [0.15, 0.2) is 48.5 Å². The summed E-state index contributed by atoms with van der Waals surface area (Å²) in [5.41, 5.74) is 2.88. The molecule has 4 nitrogen and oxygen atoms in total. The van der Waals surface area contributed by atoms with E-state index in [9.17, 15) is 4.79 Å². The topological polar surface area (TPSA) is 47.6 Å². The molecule has 0 bridgehead atoms. The van der Waals surface area contributed by atoms with E-state index < -0.39 is 0 Å². The molecule has 0 saturated heterocycles. The Balaban J connectivity index is 1.48. The van der Waals surface area contributed by atoms with Crippen LogP contribution in [0, 0.1) is 0 Å². The first-order valence-electron chi connectivity index (χ1n) is 7.05. The van der Waals surface area contributed by atoms with Gasteiger partial charge in [0.15, 0.2) is 0 Å². The van der Waals surface area contributed by atoms with Crippen LogP contribution in [0.2, 0.25) is 0 Å². The SMILES string of the molecule is O=C(OCCOc1ccccc1)c1ccc2c(c1)CCN2. The smallest absolute Gasteiger partial charge is 0.338 e. The number of para-hydroxylation sites is 1. The lowest BCUT2D eigenvalue weighted by atomic mass is 10.1. The zero-order valence-corrected chi connectivity index (χ0v) is 11.7. The molecular weight excluding hydrogens is 266 g/mol. The summed E-state index contributed by atoms with van der Waals surface area (Å²) in [6.45, 7) is 1.52. The van der Waals surface area contributed by atoms with E-state index in [-0.39, 0.29) is 12.6 Å². The van der Waals surface area contributed by atoms with Crippen LogP contribution >= 0.6 is 0 Å². The Kier molecular flexibility index (Phi) is 4.05. The van der Waals surface area contributed by atoms with E-state index in [0.717, 1.165) is 24.4 Å². The van der Waals surface area contributed by atoms with Gasteiger partial charge in [-0.1, -0.05) is 18.2 Å². The molecule has 0 radical (unpaired) electrons. The average Bonchev–Trinajstić information content (AvgIpc) is 3.00. The van der Waals surface area contributed by atoms with Crippen LogP contribution in [0.25, 0.3) is 0 Å². The third-order valence-corrected chi connectivity index (χ3v) is 3.38. The lowest BCUT2D eigenvalue weighted by Crippen LogP contribution is -2.12. The second kappa shape index (κ2) is 6.31. The molecule has 3 rings (SSSR count).